The minimum absolute atomic E-state index is 0.0223. The highest BCUT2D eigenvalue weighted by Gasteiger charge is 2.58. The molecule has 9 heteroatoms. The first-order valence-corrected chi connectivity index (χ1v) is 11.6. The van der Waals surface area contributed by atoms with Crippen molar-refractivity contribution in [1.29, 1.82) is 0 Å². The maximum Gasteiger partial charge on any atom is 0.233 e. The molecule has 2 aromatic heterocycles. The Bertz CT molecular complexity index is 1030. The molecule has 3 heterocycles. The molecule has 1 saturated carbocycles. The number of carbonyl (C=O) groups is 2. The number of carbonyl (C=O) groups excluding carboxylic acids is 2. The highest BCUT2D eigenvalue weighted by atomic mass is 16.2. The van der Waals surface area contributed by atoms with Gasteiger partial charge in [-0.3, -0.25) is 19.1 Å². The molecule has 0 spiro atoms. The fourth-order valence-electron chi connectivity index (χ4n) is 5.20. The van der Waals surface area contributed by atoms with E-state index in [0.29, 0.717) is 32.0 Å². The predicted molar refractivity (Wildman–Crippen MR) is 123 cm³/mol. The van der Waals surface area contributed by atoms with Crippen LogP contribution in [0.4, 0.5) is 0 Å². The van der Waals surface area contributed by atoms with Crippen molar-refractivity contribution in [3.63, 3.8) is 0 Å². The predicted octanol–water partition coefficient (Wildman–Crippen LogP) is 1.52. The second kappa shape index (κ2) is 9.17. The van der Waals surface area contributed by atoms with E-state index in [9.17, 15) is 9.59 Å². The van der Waals surface area contributed by atoms with Gasteiger partial charge in [0.2, 0.25) is 11.8 Å². The van der Waals surface area contributed by atoms with Crippen molar-refractivity contribution >= 4 is 17.8 Å². The van der Waals surface area contributed by atoms with Crippen LogP contribution in [0, 0.1) is 23.7 Å². The Morgan fingerprint density at radius 1 is 1.15 bits per heavy atom. The number of likely N-dealkylation sites (tertiary alicyclic amines) is 1. The van der Waals surface area contributed by atoms with E-state index in [1.54, 1.807) is 12.5 Å². The topological polar surface area (TPSA) is 105 Å². The van der Waals surface area contributed by atoms with E-state index < -0.39 is 0 Å². The Morgan fingerprint density at radius 2 is 1.94 bits per heavy atom. The van der Waals surface area contributed by atoms with Crippen LogP contribution >= 0.6 is 0 Å². The normalized spacial score (nSPS) is 25.7. The number of aliphatic imine (C=N–C) groups is 1. The maximum atomic E-state index is 12.8. The van der Waals surface area contributed by atoms with Crippen molar-refractivity contribution in [1.82, 2.24) is 30.1 Å². The minimum Gasteiger partial charge on any atom is -0.357 e. The van der Waals surface area contributed by atoms with Crippen LogP contribution in [0.25, 0.3) is 5.82 Å². The van der Waals surface area contributed by atoms with E-state index in [2.05, 4.69) is 37.7 Å². The molecule has 1 aliphatic heterocycles. The molecule has 172 valence electrons. The number of fused-ring (bicyclic) bond motifs is 5. The SMILES string of the molecule is CCNC(=NCc1ccc(-n2ccnc2)nc1)NCCCN1C(=O)C2C3C=CC(C3)C2C1=O. The van der Waals surface area contributed by atoms with E-state index in [0.717, 1.165) is 24.3 Å². The number of amides is 2. The quantitative estimate of drug-likeness (QED) is 0.209. The zero-order chi connectivity index (χ0) is 22.8. The minimum atomic E-state index is -0.117. The van der Waals surface area contributed by atoms with Gasteiger partial charge >= 0.3 is 0 Å². The third kappa shape index (κ3) is 4.15. The van der Waals surface area contributed by atoms with Gasteiger partial charge in [0.1, 0.15) is 12.1 Å². The lowest BCUT2D eigenvalue weighted by atomic mass is 9.85. The van der Waals surface area contributed by atoms with Crippen LogP contribution in [0.1, 0.15) is 25.3 Å². The van der Waals surface area contributed by atoms with Gasteiger partial charge in [-0.25, -0.2) is 15.0 Å². The van der Waals surface area contributed by atoms with Crippen molar-refractivity contribution in [2.75, 3.05) is 19.6 Å². The lowest BCUT2D eigenvalue weighted by molar-refractivity contribution is -0.140. The van der Waals surface area contributed by atoms with E-state index >= 15 is 0 Å². The van der Waals surface area contributed by atoms with Crippen molar-refractivity contribution < 1.29 is 9.59 Å². The number of hydrogen-bond acceptors (Lipinski definition) is 5. The van der Waals surface area contributed by atoms with Crippen molar-refractivity contribution in [3.8, 4) is 5.82 Å². The monoisotopic (exact) mass is 447 g/mol. The van der Waals surface area contributed by atoms with Crippen LogP contribution in [0.15, 0.2) is 54.2 Å². The second-order valence-electron chi connectivity index (χ2n) is 8.80. The number of aromatic nitrogens is 3. The van der Waals surface area contributed by atoms with Crippen LogP contribution in [0.3, 0.4) is 0 Å². The van der Waals surface area contributed by atoms with Crippen LogP contribution in [-0.2, 0) is 16.1 Å². The summed E-state index contributed by atoms with van der Waals surface area (Å²) >= 11 is 0. The standard InChI is InChI=1S/C24H29N7O2/c1-2-26-24(29-14-16-4-7-19(28-13-16)30-11-9-25-15-30)27-8-3-10-31-22(32)20-17-5-6-18(12-17)21(20)23(31)33/h4-7,9,11,13,15,17-18,20-21H,2-3,8,10,12,14H2,1H3,(H2,26,27,29). The summed E-state index contributed by atoms with van der Waals surface area (Å²) < 4.78 is 1.85. The zero-order valence-corrected chi connectivity index (χ0v) is 18.7. The Morgan fingerprint density at radius 3 is 2.58 bits per heavy atom. The first-order valence-electron chi connectivity index (χ1n) is 11.6. The number of nitrogens with zero attached hydrogens (tertiary/aromatic N) is 5. The molecule has 2 bridgehead atoms. The molecular formula is C24H29N7O2. The molecule has 2 amide bonds. The first-order chi connectivity index (χ1) is 16.2. The van der Waals surface area contributed by atoms with E-state index in [4.69, 9.17) is 0 Å². The van der Waals surface area contributed by atoms with Crippen molar-refractivity contribution in [3.05, 3.63) is 54.8 Å². The number of imide groups is 1. The van der Waals surface area contributed by atoms with Gasteiger partial charge in [-0.15, -0.1) is 0 Å². The molecule has 2 fully saturated rings. The number of nitrogens with one attached hydrogen (secondary N) is 2. The van der Waals surface area contributed by atoms with Gasteiger partial charge in [0.15, 0.2) is 5.96 Å². The molecule has 1 saturated heterocycles. The number of guanidine groups is 1. The fraction of sp³-hybridized carbons (Fsp3) is 0.458. The molecular weight excluding hydrogens is 418 g/mol. The molecule has 33 heavy (non-hydrogen) atoms. The summed E-state index contributed by atoms with van der Waals surface area (Å²) in [5.41, 5.74) is 0.999. The third-order valence-corrected chi connectivity index (χ3v) is 6.75. The number of hydrogen-bond donors (Lipinski definition) is 2. The maximum absolute atomic E-state index is 12.8. The highest BCUT2D eigenvalue weighted by Crippen LogP contribution is 2.52. The Hall–Kier alpha value is -3.49. The summed E-state index contributed by atoms with van der Waals surface area (Å²) in [6, 6.07) is 3.94. The van der Waals surface area contributed by atoms with Crippen LogP contribution in [0.2, 0.25) is 0 Å². The fourth-order valence-corrected chi connectivity index (χ4v) is 5.20. The number of rotatable bonds is 8. The summed E-state index contributed by atoms with van der Waals surface area (Å²) in [7, 11) is 0. The summed E-state index contributed by atoms with van der Waals surface area (Å²) in [6.45, 7) is 4.33. The molecule has 2 aliphatic carbocycles. The van der Waals surface area contributed by atoms with Crippen molar-refractivity contribution in [2.45, 2.75) is 26.3 Å². The zero-order valence-electron chi connectivity index (χ0n) is 18.7. The molecule has 0 aromatic carbocycles. The Kier molecular flexibility index (Phi) is 5.93. The van der Waals surface area contributed by atoms with Gasteiger partial charge in [0, 0.05) is 38.2 Å². The molecule has 3 aliphatic rings. The highest BCUT2D eigenvalue weighted by molar-refractivity contribution is 6.06. The summed E-state index contributed by atoms with van der Waals surface area (Å²) in [4.78, 5) is 40.2. The molecule has 0 radical (unpaired) electrons. The first kappa shape index (κ1) is 21.4. The van der Waals surface area contributed by atoms with Crippen LogP contribution in [0.5, 0.6) is 0 Å². The molecule has 5 rings (SSSR count). The Balaban J connectivity index is 1.11. The van der Waals surface area contributed by atoms with Gasteiger partial charge < -0.3 is 10.6 Å². The summed E-state index contributed by atoms with van der Waals surface area (Å²) in [6.07, 6.45) is 13.0. The molecule has 4 unspecified atom stereocenters. The van der Waals surface area contributed by atoms with Gasteiger partial charge in [-0.2, -0.15) is 0 Å². The van der Waals surface area contributed by atoms with E-state index in [1.165, 1.54) is 4.90 Å². The van der Waals surface area contributed by atoms with Gasteiger partial charge in [0.05, 0.1) is 18.4 Å². The summed E-state index contributed by atoms with van der Waals surface area (Å²) in [5.74, 6) is 1.84. The van der Waals surface area contributed by atoms with Crippen molar-refractivity contribution in [2.24, 2.45) is 28.7 Å². The largest absolute Gasteiger partial charge is 0.357 e. The van der Waals surface area contributed by atoms with Gasteiger partial charge in [-0.05, 0) is 43.2 Å². The molecule has 4 atom stereocenters. The molecule has 2 aromatic rings. The number of imidazole rings is 1. The molecule has 2 N–H and O–H groups in total. The Labute approximate surface area is 193 Å². The lowest BCUT2D eigenvalue weighted by Gasteiger charge is -2.18. The van der Waals surface area contributed by atoms with Gasteiger partial charge in [-0.1, -0.05) is 18.2 Å². The third-order valence-electron chi connectivity index (χ3n) is 6.75. The van der Waals surface area contributed by atoms with Crippen LogP contribution in [-0.4, -0.2) is 56.8 Å². The lowest BCUT2D eigenvalue weighted by Crippen LogP contribution is -2.40. The number of pyridine rings is 1. The summed E-state index contributed by atoms with van der Waals surface area (Å²) in [5, 5.41) is 6.54. The van der Waals surface area contributed by atoms with Gasteiger partial charge in [0.25, 0.3) is 0 Å². The average molecular weight is 448 g/mol. The van der Waals surface area contributed by atoms with E-state index in [-0.39, 0.29) is 35.5 Å². The average Bonchev–Trinajstić information content (AvgIpc) is 3.62. The number of allylic oxidation sites excluding steroid dienone is 2. The second-order valence-corrected chi connectivity index (χ2v) is 8.80. The molecule has 9 nitrogen and oxygen atoms in total. The smallest absolute Gasteiger partial charge is 0.233 e. The van der Waals surface area contributed by atoms with E-state index in [1.807, 2.05) is 36.0 Å². The van der Waals surface area contributed by atoms with Crippen LogP contribution < -0.4 is 10.6 Å².